The van der Waals surface area contributed by atoms with Gasteiger partial charge in [0, 0.05) is 0 Å². The highest BCUT2D eigenvalue weighted by Gasteiger charge is 2.35. The molecule has 0 saturated heterocycles. The highest BCUT2D eigenvalue weighted by molar-refractivity contribution is 7.78. The number of nitrogens with zero attached hydrogens (tertiary/aromatic N) is 1. The minimum atomic E-state index is -5.09. The summed E-state index contributed by atoms with van der Waals surface area (Å²) in [6.45, 7) is 0. The molecule has 104 valence electrons. The lowest BCUT2D eigenvalue weighted by Crippen LogP contribution is -2.19. The maximum atomic E-state index is 12.1. The van der Waals surface area contributed by atoms with Gasteiger partial charge in [0.15, 0.2) is 17.2 Å². The fraction of sp³-hybridized carbons (Fsp3) is 0.222. The smallest absolute Gasteiger partial charge is 0.403 e. The van der Waals surface area contributed by atoms with Crippen molar-refractivity contribution in [3.8, 4) is 11.5 Å². The van der Waals surface area contributed by atoms with Crippen molar-refractivity contribution in [2.24, 2.45) is 4.99 Å². The predicted octanol–water partition coefficient (Wildman–Crippen LogP) is 4.22. The standard InChI is InChI=1S/C9H3F6NO2S/c10-8(11,12)17-5-2-1-3-6(7(5)16-4-19)18-9(13,14)15/h1-3H. The third kappa shape index (κ3) is 5.14. The van der Waals surface area contributed by atoms with E-state index < -0.39 is 29.9 Å². The van der Waals surface area contributed by atoms with Crippen molar-refractivity contribution >= 4 is 23.1 Å². The first kappa shape index (κ1) is 15.3. The van der Waals surface area contributed by atoms with Gasteiger partial charge in [-0.05, 0) is 24.4 Å². The van der Waals surface area contributed by atoms with Crippen LogP contribution in [0.3, 0.4) is 0 Å². The van der Waals surface area contributed by atoms with Gasteiger partial charge in [-0.15, -0.1) is 26.3 Å². The molecule has 1 aromatic rings. The Morgan fingerprint density at radius 3 is 1.68 bits per heavy atom. The van der Waals surface area contributed by atoms with E-state index in [1.54, 1.807) is 5.16 Å². The maximum Gasteiger partial charge on any atom is 0.573 e. The second-order valence-corrected chi connectivity index (χ2v) is 3.08. The molecule has 0 saturated carbocycles. The van der Waals surface area contributed by atoms with E-state index in [2.05, 4.69) is 26.7 Å². The minimum Gasteiger partial charge on any atom is -0.403 e. The van der Waals surface area contributed by atoms with Gasteiger partial charge in [-0.25, -0.2) is 0 Å². The molecule has 0 aromatic heterocycles. The topological polar surface area (TPSA) is 30.8 Å². The average molecular weight is 303 g/mol. The number of thiocarbonyl (C=S) groups is 1. The lowest BCUT2D eigenvalue weighted by atomic mass is 10.2. The van der Waals surface area contributed by atoms with Gasteiger partial charge >= 0.3 is 12.7 Å². The van der Waals surface area contributed by atoms with Crippen molar-refractivity contribution in [1.29, 1.82) is 0 Å². The molecule has 0 radical (unpaired) electrons. The summed E-state index contributed by atoms with van der Waals surface area (Å²) in [5.41, 5.74) is -0.854. The Morgan fingerprint density at radius 1 is 0.947 bits per heavy atom. The van der Waals surface area contributed by atoms with Crippen LogP contribution in [-0.2, 0) is 0 Å². The van der Waals surface area contributed by atoms with Crippen LogP contribution in [0.15, 0.2) is 23.2 Å². The lowest BCUT2D eigenvalue weighted by molar-refractivity contribution is -0.276. The highest BCUT2D eigenvalue weighted by Crippen LogP contribution is 2.41. The number of hydrogen-bond donors (Lipinski definition) is 0. The third-order valence-corrected chi connectivity index (χ3v) is 1.66. The summed E-state index contributed by atoms with van der Waals surface area (Å²) in [5.74, 6) is -1.96. The molecule has 0 unspecified atom stereocenters. The molecule has 0 amide bonds. The quantitative estimate of drug-likeness (QED) is 0.476. The summed E-state index contributed by atoms with van der Waals surface area (Å²) >= 11 is 4.15. The van der Waals surface area contributed by atoms with Crippen LogP contribution in [0.5, 0.6) is 11.5 Å². The summed E-state index contributed by atoms with van der Waals surface area (Å²) in [7, 11) is 0. The molecular formula is C9H3F6NO2S. The van der Waals surface area contributed by atoms with Crippen LogP contribution in [0, 0.1) is 0 Å². The zero-order valence-electron chi connectivity index (χ0n) is 8.67. The number of rotatable bonds is 3. The predicted molar refractivity (Wildman–Crippen MR) is 54.5 cm³/mol. The van der Waals surface area contributed by atoms with Gasteiger partial charge in [0.05, 0.1) is 5.16 Å². The summed E-state index contributed by atoms with van der Waals surface area (Å²) in [5, 5.41) is 1.65. The molecule has 0 aliphatic carbocycles. The molecule has 0 N–H and O–H groups in total. The second kappa shape index (κ2) is 5.45. The first-order chi connectivity index (χ1) is 8.62. The van der Waals surface area contributed by atoms with Gasteiger partial charge in [0.25, 0.3) is 0 Å². The molecule has 0 heterocycles. The van der Waals surface area contributed by atoms with Gasteiger partial charge < -0.3 is 9.47 Å². The van der Waals surface area contributed by atoms with Crippen LogP contribution in [0.25, 0.3) is 0 Å². The monoisotopic (exact) mass is 303 g/mol. The van der Waals surface area contributed by atoms with Crippen LogP contribution in [-0.4, -0.2) is 17.9 Å². The van der Waals surface area contributed by atoms with Crippen molar-refractivity contribution in [3.63, 3.8) is 0 Å². The van der Waals surface area contributed by atoms with Crippen molar-refractivity contribution < 1.29 is 35.8 Å². The Kier molecular flexibility index (Phi) is 4.38. The molecular weight excluding hydrogens is 300 g/mol. The van der Waals surface area contributed by atoms with Crippen molar-refractivity contribution in [1.82, 2.24) is 0 Å². The van der Waals surface area contributed by atoms with Crippen molar-refractivity contribution in [2.75, 3.05) is 0 Å². The summed E-state index contributed by atoms with van der Waals surface area (Å²) in [6.07, 6.45) is -10.2. The Balaban J connectivity index is 3.25. The average Bonchev–Trinajstić information content (AvgIpc) is 2.18. The van der Waals surface area contributed by atoms with E-state index in [-0.39, 0.29) is 0 Å². The largest absolute Gasteiger partial charge is 0.573 e. The van der Waals surface area contributed by atoms with Crippen molar-refractivity contribution in [2.45, 2.75) is 12.7 Å². The Morgan fingerprint density at radius 2 is 1.37 bits per heavy atom. The molecule has 1 aromatic carbocycles. The van der Waals surface area contributed by atoms with E-state index in [0.717, 1.165) is 18.2 Å². The number of benzene rings is 1. The minimum absolute atomic E-state index is 0.766. The Labute approximate surface area is 107 Å². The molecule has 10 heteroatoms. The van der Waals surface area contributed by atoms with Gasteiger partial charge in [-0.3, -0.25) is 0 Å². The maximum absolute atomic E-state index is 12.1. The molecule has 0 atom stereocenters. The lowest BCUT2D eigenvalue weighted by Gasteiger charge is -2.14. The van der Waals surface area contributed by atoms with E-state index in [4.69, 9.17) is 0 Å². The van der Waals surface area contributed by atoms with Gasteiger partial charge in [0.2, 0.25) is 0 Å². The van der Waals surface area contributed by atoms with Crippen LogP contribution >= 0.6 is 12.2 Å². The fourth-order valence-electron chi connectivity index (χ4n) is 1.07. The number of isothiocyanates is 1. The SMILES string of the molecule is FC(F)(F)Oc1cccc(OC(F)(F)F)c1N=C=S. The van der Waals surface area contributed by atoms with Gasteiger partial charge in [0.1, 0.15) is 0 Å². The zero-order valence-corrected chi connectivity index (χ0v) is 9.49. The molecule has 3 nitrogen and oxygen atoms in total. The van der Waals surface area contributed by atoms with Gasteiger partial charge in [-0.2, -0.15) is 4.99 Å². The second-order valence-electron chi connectivity index (χ2n) is 2.90. The Hall–Kier alpha value is -1.80. The van der Waals surface area contributed by atoms with Gasteiger partial charge in [-0.1, -0.05) is 6.07 Å². The molecule has 0 spiro atoms. The molecule has 0 fully saturated rings. The number of aliphatic imine (C=N–C) groups is 1. The van der Waals surface area contributed by atoms with Crippen LogP contribution in [0.1, 0.15) is 0 Å². The van der Waals surface area contributed by atoms with E-state index in [0.29, 0.717) is 0 Å². The van der Waals surface area contributed by atoms with Crippen LogP contribution in [0.4, 0.5) is 32.0 Å². The fourth-order valence-corrected chi connectivity index (χ4v) is 1.16. The van der Waals surface area contributed by atoms with Crippen LogP contribution < -0.4 is 9.47 Å². The number of ether oxygens (including phenoxy) is 2. The zero-order chi connectivity index (χ0) is 14.7. The van der Waals surface area contributed by atoms with E-state index in [1.807, 2.05) is 0 Å². The summed E-state index contributed by atoms with van der Waals surface area (Å²) in [4.78, 5) is 3.09. The number of hydrogen-bond acceptors (Lipinski definition) is 4. The molecule has 0 aliphatic heterocycles. The van der Waals surface area contributed by atoms with Crippen LogP contribution in [0.2, 0.25) is 0 Å². The molecule has 0 aliphatic rings. The molecule has 19 heavy (non-hydrogen) atoms. The number of halogens is 6. The number of alkyl halides is 6. The summed E-state index contributed by atoms with van der Waals surface area (Å²) in [6, 6.07) is 2.41. The summed E-state index contributed by atoms with van der Waals surface area (Å²) < 4.78 is 79.4. The normalized spacial score (nSPS) is 11.7. The first-order valence-corrected chi connectivity index (χ1v) is 4.75. The van der Waals surface area contributed by atoms with E-state index in [1.165, 1.54) is 0 Å². The van der Waals surface area contributed by atoms with E-state index in [9.17, 15) is 26.3 Å². The first-order valence-electron chi connectivity index (χ1n) is 4.35. The van der Waals surface area contributed by atoms with E-state index >= 15 is 0 Å². The number of para-hydroxylation sites is 1. The highest BCUT2D eigenvalue weighted by atomic mass is 32.1. The molecule has 1 rings (SSSR count). The Bertz CT molecular complexity index is 472. The van der Waals surface area contributed by atoms with Crippen molar-refractivity contribution in [3.05, 3.63) is 18.2 Å². The third-order valence-electron chi connectivity index (χ3n) is 1.57. The molecule has 0 bridgehead atoms.